The van der Waals surface area contributed by atoms with Crippen molar-refractivity contribution >= 4 is 21.9 Å². The second-order valence-electron chi connectivity index (χ2n) is 5.33. The molecule has 2 atom stereocenters. The van der Waals surface area contributed by atoms with Gasteiger partial charge in [-0.3, -0.25) is 9.35 Å². The van der Waals surface area contributed by atoms with Crippen LogP contribution in [0.15, 0.2) is 0 Å². The first-order valence-corrected chi connectivity index (χ1v) is 8.07. The Kier molecular flexibility index (Phi) is 5.70. The lowest BCUT2D eigenvalue weighted by atomic mass is 9.95. The lowest BCUT2D eigenvalue weighted by Crippen LogP contribution is -2.73. The lowest BCUT2D eigenvalue weighted by Gasteiger charge is -2.37. The molecule has 15 heteroatoms. The summed E-state index contributed by atoms with van der Waals surface area (Å²) in [6, 6.07) is 0. The van der Waals surface area contributed by atoms with Gasteiger partial charge in [0.2, 0.25) is 0 Å². The number of carbonyl (C=O) groups is 2. The largest absolute Gasteiger partial charge is 0.456 e. The van der Waals surface area contributed by atoms with Crippen molar-refractivity contribution < 1.29 is 62.4 Å². The van der Waals surface area contributed by atoms with E-state index in [0.29, 0.717) is 0 Å². The predicted octanol–water partition coefficient (Wildman–Crippen LogP) is 2.43. The van der Waals surface area contributed by atoms with Crippen molar-refractivity contribution in [3.05, 3.63) is 0 Å². The van der Waals surface area contributed by atoms with Gasteiger partial charge in [-0.25, -0.2) is 4.79 Å². The number of rotatable bonds is 4. The van der Waals surface area contributed by atoms with E-state index in [2.05, 4.69) is 4.74 Å². The molecule has 0 aromatic carbocycles. The predicted molar refractivity (Wildman–Crippen MR) is 64.7 cm³/mol. The summed E-state index contributed by atoms with van der Waals surface area (Å²) in [5.74, 6) is -12.1. The fraction of sp³-hybridized carbons (Fsp3) is 0.818. The molecule has 1 saturated carbocycles. The summed E-state index contributed by atoms with van der Waals surface area (Å²) in [7, 11) is -7.47. The lowest BCUT2D eigenvalue weighted by molar-refractivity contribution is -0.331. The monoisotopic (exact) mass is 422 g/mol. The van der Waals surface area contributed by atoms with E-state index in [0.717, 1.165) is 0 Å². The molecule has 2 unspecified atom stereocenters. The highest BCUT2D eigenvalue weighted by molar-refractivity contribution is 7.88. The molecule has 1 fully saturated rings. The quantitative estimate of drug-likeness (QED) is 0.425. The topological polar surface area (TPSA) is 97.7 Å². The smallest absolute Gasteiger partial charge is 0.453 e. The van der Waals surface area contributed by atoms with Crippen LogP contribution in [-0.2, 0) is 24.4 Å². The Morgan fingerprint density at radius 1 is 1.00 bits per heavy atom. The van der Waals surface area contributed by atoms with E-state index in [4.69, 9.17) is 4.55 Å². The van der Waals surface area contributed by atoms with Crippen molar-refractivity contribution in [2.24, 2.45) is 0 Å². The van der Waals surface area contributed by atoms with Crippen LogP contribution in [0.4, 0.5) is 35.1 Å². The van der Waals surface area contributed by atoms with Crippen LogP contribution < -0.4 is 0 Å². The number of carbonyl (C=O) groups excluding carboxylic acids is 2. The third-order valence-electron chi connectivity index (χ3n) is 3.62. The molecule has 0 radical (unpaired) electrons. The van der Waals surface area contributed by atoms with Crippen LogP contribution >= 0.6 is 0 Å². The summed E-state index contributed by atoms with van der Waals surface area (Å²) in [6.07, 6.45) is -17.2. The van der Waals surface area contributed by atoms with E-state index in [-0.39, 0.29) is 19.3 Å². The van der Waals surface area contributed by atoms with E-state index < -0.39 is 57.4 Å². The van der Waals surface area contributed by atoms with Gasteiger partial charge in [-0.15, -0.1) is 0 Å². The first kappa shape index (κ1) is 22.5. The van der Waals surface area contributed by atoms with E-state index in [9.17, 15) is 53.1 Å². The SMILES string of the molecule is O=C1CCCCC1OC(=O)C(C(F)(F)F)(C(F)(F)C(F)(F)F)S(=O)(=O)O. The molecule has 0 amide bonds. The number of hydrogen-bond acceptors (Lipinski definition) is 5. The van der Waals surface area contributed by atoms with Crippen molar-refractivity contribution in [3.8, 4) is 0 Å². The molecule has 0 aromatic rings. The molecule has 0 saturated heterocycles. The van der Waals surface area contributed by atoms with Crippen LogP contribution in [-0.4, -0.2) is 53.8 Å². The average molecular weight is 422 g/mol. The molecule has 0 aromatic heterocycles. The van der Waals surface area contributed by atoms with E-state index in [1.54, 1.807) is 0 Å². The van der Waals surface area contributed by atoms with Crippen LogP contribution in [0.3, 0.4) is 0 Å². The zero-order chi connectivity index (χ0) is 20.8. The van der Waals surface area contributed by atoms with Gasteiger partial charge < -0.3 is 4.74 Å². The van der Waals surface area contributed by atoms with Crippen LogP contribution in [0, 0.1) is 0 Å². The first-order chi connectivity index (χ1) is 11.4. The van der Waals surface area contributed by atoms with Crippen LogP contribution in [0.2, 0.25) is 0 Å². The Balaban J connectivity index is 3.64. The zero-order valence-corrected chi connectivity index (χ0v) is 13.1. The van der Waals surface area contributed by atoms with E-state index in [1.165, 1.54) is 0 Å². The van der Waals surface area contributed by atoms with Crippen molar-refractivity contribution in [1.82, 2.24) is 0 Å². The molecule has 1 N–H and O–H groups in total. The van der Waals surface area contributed by atoms with Gasteiger partial charge in [-0.2, -0.15) is 43.5 Å². The third-order valence-corrected chi connectivity index (χ3v) is 5.05. The molecular formula is C11H10F8O6S. The molecule has 0 bridgehead atoms. The minimum absolute atomic E-state index is 0.0459. The van der Waals surface area contributed by atoms with E-state index in [1.807, 2.05) is 0 Å². The molecule has 6 nitrogen and oxygen atoms in total. The number of Topliss-reactive ketones (excluding diaryl/α,β-unsaturated/α-hetero) is 1. The summed E-state index contributed by atoms with van der Waals surface area (Å²) in [5, 5.41) is 0. The van der Waals surface area contributed by atoms with Crippen molar-refractivity contribution in [2.45, 2.75) is 54.8 Å². The van der Waals surface area contributed by atoms with Gasteiger partial charge in [0.15, 0.2) is 11.9 Å². The Morgan fingerprint density at radius 3 is 1.85 bits per heavy atom. The van der Waals surface area contributed by atoms with Gasteiger partial charge in [0.1, 0.15) is 0 Å². The minimum Gasteiger partial charge on any atom is -0.453 e. The number of ketones is 1. The maximum atomic E-state index is 13.6. The average Bonchev–Trinajstić information content (AvgIpc) is 2.36. The maximum Gasteiger partial charge on any atom is 0.456 e. The molecule has 1 aliphatic rings. The van der Waals surface area contributed by atoms with Crippen molar-refractivity contribution in [1.29, 1.82) is 0 Å². The van der Waals surface area contributed by atoms with Gasteiger partial charge in [0, 0.05) is 6.42 Å². The van der Waals surface area contributed by atoms with Gasteiger partial charge in [0.25, 0.3) is 10.1 Å². The summed E-state index contributed by atoms with van der Waals surface area (Å²) in [4.78, 5) is 23.1. The molecule has 0 heterocycles. The molecule has 152 valence electrons. The Labute approximate surface area is 140 Å². The Bertz CT molecular complexity index is 682. The summed E-state index contributed by atoms with van der Waals surface area (Å²) < 4.78 is 132. The van der Waals surface area contributed by atoms with Crippen LogP contribution in [0.1, 0.15) is 25.7 Å². The molecule has 0 aliphatic heterocycles. The first-order valence-electron chi connectivity index (χ1n) is 6.63. The van der Waals surface area contributed by atoms with Gasteiger partial charge in [-0.1, -0.05) is 0 Å². The number of ether oxygens (including phenoxy) is 1. The summed E-state index contributed by atoms with van der Waals surface area (Å²) in [6.45, 7) is 0. The van der Waals surface area contributed by atoms with Crippen LogP contribution in [0.25, 0.3) is 0 Å². The summed E-state index contributed by atoms with van der Waals surface area (Å²) in [5.41, 5.74) is 0. The number of esters is 1. The van der Waals surface area contributed by atoms with Crippen LogP contribution in [0.5, 0.6) is 0 Å². The van der Waals surface area contributed by atoms with Gasteiger partial charge >= 0.3 is 29.0 Å². The number of alkyl halides is 8. The Hall–Kier alpha value is -1.51. The third kappa shape index (κ3) is 3.37. The van der Waals surface area contributed by atoms with Gasteiger partial charge in [0.05, 0.1) is 0 Å². The fourth-order valence-corrected chi connectivity index (χ4v) is 3.31. The second kappa shape index (κ2) is 6.58. The van der Waals surface area contributed by atoms with Crippen molar-refractivity contribution in [2.75, 3.05) is 0 Å². The zero-order valence-electron chi connectivity index (χ0n) is 12.3. The van der Waals surface area contributed by atoms with Gasteiger partial charge in [-0.05, 0) is 19.3 Å². The second-order valence-corrected chi connectivity index (χ2v) is 6.89. The molecular weight excluding hydrogens is 412 g/mol. The fourth-order valence-electron chi connectivity index (χ4n) is 2.32. The number of hydrogen-bond donors (Lipinski definition) is 1. The minimum atomic E-state index is -7.47. The van der Waals surface area contributed by atoms with E-state index >= 15 is 0 Å². The maximum absolute atomic E-state index is 13.6. The molecule has 1 rings (SSSR count). The highest BCUT2D eigenvalue weighted by atomic mass is 32.2. The molecule has 1 aliphatic carbocycles. The number of halogens is 8. The Morgan fingerprint density at radius 2 is 1.50 bits per heavy atom. The molecule has 0 spiro atoms. The normalized spacial score (nSPS) is 22.7. The van der Waals surface area contributed by atoms with Crippen molar-refractivity contribution in [3.63, 3.8) is 0 Å². The molecule has 26 heavy (non-hydrogen) atoms. The highest BCUT2D eigenvalue weighted by Gasteiger charge is 2.90. The standard InChI is InChI=1S/C11H10F8O6S/c12-9(13,11(17,18)19)8(10(14,15)16,26(22,23)24)7(21)25-6-4-2-1-3-5(6)20/h6H,1-4H2,(H,22,23,24). The summed E-state index contributed by atoms with van der Waals surface area (Å²) >= 11 is 0. The highest BCUT2D eigenvalue weighted by Crippen LogP contribution is 2.55.